The lowest BCUT2D eigenvalue weighted by Gasteiger charge is -2.40. The number of hydrogen-bond donors (Lipinski definition) is 0. The van der Waals surface area contributed by atoms with Crippen LogP contribution in [0.5, 0.6) is 0 Å². The predicted molar refractivity (Wildman–Crippen MR) is 71.2 cm³/mol. The van der Waals surface area contributed by atoms with Crippen molar-refractivity contribution in [3.63, 3.8) is 0 Å². The van der Waals surface area contributed by atoms with Crippen LogP contribution in [-0.4, -0.2) is 22.6 Å². The third-order valence-corrected chi connectivity index (χ3v) is 3.75. The maximum atomic E-state index is 8.75. The molecule has 0 bridgehead atoms. The Morgan fingerprint density at radius 3 is 2.89 bits per heavy atom. The lowest BCUT2D eigenvalue weighted by molar-refractivity contribution is 0.326. The van der Waals surface area contributed by atoms with E-state index in [-0.39, 0.29) is 0 Å². The van der Waals surface area contributed by atoms with Crippen molar-refractivity contribution < 1.29 is 0 Å². The quantitative estimate of drug-likeness (QED) is 0.820. The standard InChI is InChI=1S/C14H20N4/c1-3-5-13-11(2)6-4-7-18(13)14-10-16-12(8-15)9-17-14/h9-11,13H,3-7H2,1-2H3. The molecule has 96 valence electrons. The summed E-state index contributed by atoms with van der Waals surface area (Å²) in [5, 5.41) is 8.75. The Morgan fingerprint density at radius 2 is 2.28 bits per heavy atom. The summed E-state index contributed by atoms with van der Waals surface area (Å²) < 4.78 is 0. The van der Waals surface area contributed by atoms with Gasteiger partial charge in [-0.3, -0.25) is 0 Å². The Morgan fingerprint density at radius 1 is 1.44 bits per heavy atom. The molecule has 0 aromatic carbocycles. The van der Waals surface area contributed by atoms with Gasteiger partial charge in [0.15, 0.2) is 5.69 Å². The van der Waals surface area contributed by atoms with Gasteiger partial charge in [-0.25, -0.2) is 9.97 Å². The van der Waals surface area contributed by atoms with Gasteiger partial charge >= 0.3 is 0 Å². The Labute approximate surface area is 109 Å². The molecule has 4 heteroatoms. The van der Waals surface area contributed by atoms with Crippen molar-refractivity contribution >= 4 is 5.82 Å². The highest BCUT2D eigenvalue weighted by atomic mass is 15.2. The van der Waals surface area contributed by atoms with E-state index in [0.717, 1.165) is 12.4 Å². The number of rotatable bonds is 3. The fraction of sp³-hybridized carbons (Fsp3) is 0.643. The summed E-state index contributed by atoms with van der Waals surface area (Å²) in [6.45, 7) is 5.60. The lowest BCUT2D eigenvalue weighted by Crippen LogP contribution is -2.44. The molecule has 0 spiro atoms. The van der Waals surface area contributed by atoms with Crippen molar-refractivity contribution in [3.8, 4) is 6.07 Å². The zero-order chi connectivity index (χ0) is 13.0. The number of nitrogens with zero attached hydrogens (tertiary/aromatic N) is 4. The number of piperidine rings is 1. The fourth-order valence-electron chi connectivity index (χ4n) is 2.80. The minimum Gasteiger partial charge on any atom is -0.352 e. The highest BCUT2D eigenvalue weighted by molar-refractivity contribution is 5.39. The van der Waals surface area contributed by atoms with E-state index in [1.807, 2.05) is 6.07 Å². The third kappa shape index (κ3) is 2.61. The van der Waals surface area contributed by atoms with Crippen LogP contribution in [0.1, 0.15) is 45.2 Å². The molecule has 0 radical (unpaired) electrons. The number of hydrogen-bond acceptors (Lipinski definition) is 4. The maximum Gasteiger partial charge on any atom is 0.158 e. The van der Waals surface area contributed by atoms with Gasteiger partial charge in [0, 0.05) is 12.6 Å². The first-order valence-electron chi connectivity index (χ1n) is 6.75. The predicted octanol–water partition coefficient (Wildman–Crippen LogP) is 2.75. The molecule has 1 aliphatic rings. The molecule has 0 aliphatic carbocycles. The molecular weight excluding hydrogens is 224 g/mol. The molecule has 1 aromatic rings. The minimum atomic E-state index is 0.385. The smallest absolute Gasteiger partial charge is 0.158 e. The molecule has 0 amide bonds. The van der Waals surface area contributed by atoms with Crippen LogP contribution in [0.2, 0.25) is 0 Å². The normalized spacial score (nSPS) is 23.7. The van der Waals surface area contributed by atoms with Gasteiger partial charge in [0.05, 0.1) is 12.4 Å². The summed E-state index contributed by atoms with van der Waals surface area (Å²) in [4.78, 5) is 10.9. The van der Waals surface area contributed by atoms with Crippen LogP contribution in [-0.2, 0) is 0 Å². The van der Waals surface area contributed by atoms with E-state index >= 15 is 0 Å². The highest BCUT2D eigenvalue weighted by Crippen LogP contribution is 2.29. The zero-order valence-corrected chi connectivity index (χ0v) is 11.1. The van der Waals surface area contributed by atoms with Gasteiger partial charge in [-0.1, -0.05) is 20.3 Å². The van der Waals surface area contributed by atoms with Gasteiger partial charge in [-0.05, 0) is 25.2 Å². The lowest BCUT2D eigenvalue weighted by atomic mass is 9.88. The zero-order valence-electron chi connectivity index (χ0n) is 11.1. The number of nitriles is 1. The summed E-state index contributed by atoms with van der Waals surface area (Å²) in [5.41, 5.74) is 0.385. The van der Waals surface area contributed by atoms with Crippen LogP contribution in [0.3, 0.4) is 0 Å². The van der Waals surface area contributed by atoms with Crippen molar-refractivity contribution in [1.82, 2.24) is 9.97 Å². The van der Waals surface area contributed by atoms with Crippen LogP contribution < -0.4 is 4.90 Å². The van der Waals surface area contributed by atoms with E-state index in [9.17, 15) is 0 Å². The Hall–Kier alpha value is -1.63. The molecule has 18 heavy (non-hydrogen) atoms. The molecule has 4 nitrogen and oxygen atoms in total. The Kier molecular flexibility index (Phi) is 4.14. The summed E-state index contributed by atoms with van der Waals surface area (Å²) in [6, 6.07) is 2.57. The minimum absolute atomic E-state index is 0.385. The van der Waals surface area contributed by atoms with Gasteiger partial charge < -0.3 is 4.90 Å². The molecule has 0 saturated carbocycles. The second-order valence-electron chi connectivity index (χ2n) is 5.04. The van der Waals surface area contributed by atoms with Crippen LogP contribution in [0, 0.1) is 17.2 Å². The second kappa shape index (κ2) is 5.81. The first-order chi connectivity index (χ1) is 8.76. The topological polar surface area (TPSA) is 52.8 Å². The first kappa shape index (κ1) is 12.8. The summed E-state index contributed by atoms with van der Waals surface area (Å²) >= 11 is 0. The van der Waals surface area contributed by atoms with Crippen molar-refractivity contribution in [2.45, 2.75) is 45.6 Å². The largest absolute Gasteiger partial charge is 0.352 e. The van der Waals surface area contributed by atoms with Crippen molar-refractivity contribution in [1.29, 1.82) is 5.26 Å². The van der Waals surface area contributed by atoms with Crippen molar-refractivity contribution in [2.24, 2.45) is 5.92 Å². The average Bonchev–Trinajstić information content (AvgIpc) is 2.41. The molecular formula is C14H20N4. The van der Waals surface area contributed by atoms with E-state index in [0.29, 0.717) is 17.7 Å². The van der Waals surface area contributed by atoms with E-state index in [1.54, 1.807) is 12.4 Å². The second-order valence-corrected chi connectivity index (χ2v) is 5.04. The van der Waals surface area contributed by atoms with Crippen LogP contribution in [0.25, 0.3) is 0 Å². The van der Waals surface area contributed by atoms with Crippen LogP contribution in [0.4, 0.5) is 5.82 Å². The molecule has 0 N–H and O–H groups in total. The van der Waals surface area contributed by atoms with Gasteiger partial charge in [-0.2, -0.15) is 5.26 Å². The maximum absolute atomic E-state index is 8.75. The summed E-state index contributed by atoms with van der Waals surface area (Å²) in [7, 11) is 0. The SMILES string of the molecule is CCCC1C(C)CCCN1c1cnc(C#N)cn1. The molecule has 2 heterocycles. The van der Waals surface area contributed by atoms with Crippen molar-refractivity contribution in [2.75, 3.05) is 11.4 Å². The first-order valence-corrected chi connectivity index (χ1v) is 6.75. The summed E-state index contributed by atoms with van der Waals surface area (Å²) in [5.74, 6) is 1.62. The van der Waals surface area contributed by atoms with Gasteiger partial charge in [0.25, 0.3) is 0 Å². The fourth-order valence-corrected chi connectivity index (χ4v) is 2.80. The van der Waals surface area contributed by atoms with Gasteiger partial charge in [0.1, 0.15) is 11.9 Å². The van der Waals surface area contributed by atoms with Gasteiger partial charge in [0.2, 0.25) is 0 Å². The summed E-state index contributed by atoms with van der Waals surface area (Å²) in [6.07, 6.45) is 8.20. The highest BCUT2D eigenvalue weighted by Gasteiger charge is 2.28. The average molecular weight is 244 g/mol. The molecule has 1 aromatic heterocycles. The molecule has 1 saturated heterocycles. The van der Waals surface area contributed by atoms with Crippen molar-refractivity contribution in [3.05, 3.63) is 18.1 Å². The van der Waals surface area contributed by atoms with E-state index in [2.05, 4.69) is 28.7 Å². The Bertz CT molecular complexity index is 420. The van der Waals surface area contributed by atoms with Gasteiger partial charge in [-0.15, -0.1) is 0 Å². The van der Waals surface area contributed by atoms with E-state index < -0.39 is 0 Å². The number of anilines is 1. The van der Waals surface area contributed by atoms with Crippen LogP contribution >= 0.6 is 0 Å². The Balaban J connectivity index is 2.20. The monoisotopic (exact) mass is 244 g/mol. The molecule has 2 unspecified atom stereocenters. The number of aromatic nitrogens is 2. The molecule has 1 fully saturated rings. The molecule has 2 rings (SSSR count). The molecule has 1 aliphatic heterocycles. The third-order valence-electron chi connectivity index (χ3n) is 3.75. The van der Waals surface area contributed by atoms with Crippen LogP contribution in [0.15, 0.2) is 12.4 Å². The van der Waals surface area contributed by atoms with E-state index in [1.165, 1.54) is 25.7 Å². The van der Waals surface area contributed by atoms with E-state index in [4.69, 9.17) is 5.26 Å². The molecule has 2 atom stereocenters.